The molecule has 112 valence electrons. The van der Waals surface area contributed by atoms with Crippen molar-refractivity contribution in [1.82, 2.24) is 10.6 Å². The Kier molecular flexibility index (Phi) is 9.33. The Labute approximate surface area is 131 Å². The highest BCUT2D eigenvalue weighted by atomic mass is 35.5. The molecule has 0 heterocycles. The summed E-state index contributed by atoms with van der Waals surface area (Å²) in [7, 11) is 0. The monoisotopic (exact) mass is 313 g/mol. The zero-order chi connectivity index (χ0) is 14.6. The van der Waals surface area contributed by atoms with E-state index in [2.05, 4.69) is 28.8 Å². The largest absolute Gasteiger partial charge is 0.357 e. The standard InChI is InChI=1S/C15H24ClN3S/c1-3-17-15(18-10-4-5-11-20-2)19-12-13-6-8-14(16)9-7-13/h6-9H,3-5,10-12H2,1-2H3,(H2,17,18,19). The van der Waals surface area contributed by atoms with Crippen LogP contribution in [0.4, 0.5) is 0 Å². The zero-order valence-electron chi connectivity index (χ0n) is 12.3. The van der Waals surface area contributed by atoms with E-state index >= 15 is 0 Å². The van der Waals surface area contributed by atoms with Crippen molar-refractivity contribution >= 4 is 29.3 Å². The second-order valence-electron chi connectivity index (χ2n) is 4.45. The molecule has 0 amide bonds. The Bertz CT molecular complexity index is 393. The van der Waals surface area contributed by atoms with Gasteiger partial charge in [-0.1, -0.05) is 23.7 Å². The third-order valence-electron chi connectivity index (χ3n) is 2.74. The van der Waals surface area contributed by atoms with E-state index in [4.69, 9.17) is 11.6 Å². The average molecular weight is 314 g/mol. The van der Waals surface area contributed by atoms with Crippen LogP contribution in [0.15, 0.2) is 29.3 Å². The molecule has 1 aromatic rings. The highest BCUT2D eigenvalue weighted by molar-refractivity contribution is 7.98. The molecule has 5 heteroatoms. The Morgan fingerprint density at radius 2 is 1.95 bits per heavy atom. The predicted molar refractivity (Wildman–Crippen MR) is 91.9 cm³/mol. The number of nitrogens with zero attached hydrogens (tertiary/aromatic N) is 1. The number of aliphatic imine (C=N–C) groups is 1. The molecule has 0 radical (unpaired) electrons. The second-order valence-corrected chi connectivity index (χ2v) is 5.87. The van der Waals surface area contributed by atoms with E-state index in [0.717, 1.165) is 29.6 Å². The molecule has 1 rings (SSSR count). The lowest BCUT2D eigenvalue weighted by Gasteiger charge is -2.11. The zero-order valence-corrected chi connectivity index (χ0v) is 13.9. The molecular formula is C15H24ClN3S. The molecule has 0 unspecified atom stereocenters. The van der Waals surface area contributed by atoms with E-state index < -0.39 is 0 Å². The number of unbranched alkanes of at least 4 members (excludes halogenated alkanes) is 1. The average Bonchev–Trinajstić information content (AvgIpc) is 2.46. The molecule has 0 saturated carbocycles. The molecule has 1 aromatic carbocycles. The summed E-state index contributed by atoms with van der Waals surface area (Å²) in [6, 6.07) is 7.81. The van der Waals surface area contributed by atoms with Gasteiger partial charge in [-0.3, -0.25) is 0 Å². The van der Waals surface area contributed by atoms with Gasteiger partial charge in [0.15, 0.2) is 5.96 Å². The molecule has 0 aromatic heterocycles. The molecule has 2 N–H and O–H groups in total. The van der Waals surface area contributed by atoms with Crippen LogP contribution in [0.1, 0.15) is 25.3 Å². The topological polar surface area (TPSA) is 36.4 Å². The number of guanidine groups is 1. The summed E-state index contributed by atoms with van der Waals surface area (Å²) < 4.78 is 0. The van der Waals surface area contributed by atoms with Crippen LogP contribution >= 0.6 is 23.4 Å². The Hall–Kier alpha value is -0.870. The second kappa shape index (κ2) is 10.9. The summed E-state index contributed by atoms with van der Waals surface area (Å²) in [5.74, 6) is 2.10. The first-order valence-electron chi connectivity index (χ1n) is 7.01. The van der Waals surface area contributed by atoms with Gasteiger partial charge in [0.25, 0.3) is 0 Å². The number of halogens is 1. The first-order valence-corrected chi connectivity index (χ1v) is 8.79. The fourth-order valence-electron chi connectivity index (χ4n) is 1.68. The predicted octanol–water partition coefficient (Wildman–Crippen LogP) is 3.54. The van der Waals surface area contributed by atoms with Crippen LogP contribution in [0.2, 0.25) is 5.02 Å². The number of hydrogen-bond donors (Lipinski definition) is 2. The van der Waals surface area contributed by atoms with Gasteiger partial charge in [0.2, 0.25) is 0 Å². The fraction of sp³-hybridized carbons (Fsp3) is 0.533. The van der Waals surface area contributed by atoms with Gasteiger partial charge in [-0.2, -0.15) is 11.8 Å². The molecule has 0 spiro atoms. The summed E-state index contributed by atoms with van der Waals surface area (Å²) >= 11 is 7.77. The first kappa shape index (κ1) is 17.2. The molecule has 0 aliphatic heterocycles. The van der Waals surface area contributed by atoms with E-state index in [1.807, 2.05) is 36.0 Å². The minimum absolute atomic E-state index is 0.664. The van der Waals surface area contributed by atoms with Gasteiger partial charge in [-0.05, 0) is 49.5 Å². The van der Waals surface area contributed by atoms with Crippen molar-refractivity contribution < 1.29 is 0 Å². The molecule has 0 atom stereocenters. The van der Waals surface area contributed by atoms with Gasteiger partial charge in [0, 0.05) is 18.1 Å². The maximum atomic E-state index is 5.87. The maximum Gasteiger partial charge on any atom is 0.191 e. The fourth-order valence-corrected chi connectivity index (χ4v) is 2.30. The van der Waals surface area contributed by atoms with Crippen molar-refractivity contribution in [3.05, 3.63) is 34.9 Å². The Morgan fingerprint density at radius 3 is 2.60 bits per heavy atom. The van der Waals surface area contributed by atoms with Gasteiger partial charge < -0.3 is 10.6 Å². The van der Waals surface area contributed by atoms with E-state index in [-0.39, 0.29) is 0 Å². The Morgan fingerprint density at radius 1 is 1.20 bits per heavy atom. The highest BCUT2D eigenvalue weighted by Gasteiger charge is 1.97. The summed E-state index contributed by atoms with van der Waals surface area (Å²) in [6.07, 6.45) is 4.56. The molecule has 20 heavy (non-hydrogen) atoms. The van der Waals surface area contributed by atoms with E-state index in [1.54, 1.807) is 0 Å². The highest BCUT2D eigenvalue weighted by Crippen LogP contribution is 2.10. The molecule has 0 bridgehead atoms. The van der Waals surface area contributed by atoms with Crippen molar-refractivity contribution in [3.8, 4) is 0 Å². The van der Waals surface area contributed by atoms with Gasteiger partial charge >= 0.3 is 0 Å². The normalized spacial score (nSPS) is 11.4. The van der Waals surface area contributed by atoms with Crippen LogP contribution in [0, 0.1) is 0 Å². The molecule has 0 fully saturated rings. The lowest BCUT2D eigenvalue weighted by molar-refractivity contribution is 0.734. The molecule has 0 aliphatic carbocycles. The van der Waals surface area contributed by atoms with Crippen LogP contribution in [0.5, 0.6) is 0 Å². The van der Waals surface area contributed by atoms with Crippen molar-refractivity contribution in [2.45, 2.75) is 26.3 Å². The number of benzene rings is 1. The van der Waals surface area contributed by atoms with Gasteiger partial charge in [-0.25, -0.2) is 4.99 Å². The maximum absolute atomic E-state index is 5.87. The van der Waals surface area contributed by atoms with Gasteiger partial charge in [0.1, 0.15) is 0 Å². The van der Waals surface area contributed by atoms with E-state index in [0.29, 0.717) is 6.54 Å². The molecule has 0 aliphatic rings. The van der Waals surface area contributed by atoms with Crippen LogP contribution in [-0.2, 0) is 6.54 Å². The smallest absolute Gasteiger partial charge is 0.191 e. The van der Waals surface area contributed by atoms with Crippen molar-refractivity contribution in [3.63, 3.8) is 0 Å². The van der Waals surface area contributed by atoms with Crippen LogP contribution < -0.4 is 10.6 Å². The third-order valence-corrected chi connectivity index (χ3v) is 3.69. The Balaban J connectivity index is 2.39. The van der Waals surface area contributed by atoms with Crippen LogP contribution in [-0.4, -0.2) is 31.1 Å². The minimum Gasteiger partial charge on any atom is -0.357 e. The van der Waals surface area contributed by atoms with E-state index in [9.17, 15) is 0 Å². The van der Waals surface area contributed by atoms with Crippen LogP contribution in [0.3, 0.4) is 0 Å². The molecule has 3 nitrogen and oxygen atoms in total. The van der Waals surface area contributed by atoms with Gasteiger partial charge in [0.05, 0.1) is 6.54 Å². The molecule has 0 saturated heterocycles. The lowest BCUT2D eigenvalue weighted by atomic mass is 10.2. The first-order chi connectivity index (χ1) is 9.76. The number of hydrogen-bond acceptors (Lipinski definition) is 2. The summed E-state index contributed by atoms with van der Waals surface area (Å²) in [4.78, 5) is 4.58. The summed E-state index contributed by atoms with van der Waals surface area (Å²) in [6.45, 7) is 4.58. The number of nitrogens with one attached hydrogen (secondary N) is 2. The summed E-state index contributed by atoms with van der Waals surface area (Å²) in [5, 5.41) is 7.39. The number of rotatable bonds is 8. The van der Waals surface area contributed by atoms with Crippen molar-refractivity contribution in [2.24, 2.45) is 4.99 Å². The third kappa shape index (κ3) is 7.65. The van der Waals surface area contributed by atoms with Crippen molar-refractivity contribution in [1.29, 1.82) is 0 Å². The molecular weight excluding hydrogens is 290 g/mol. The van der Waals surface area contributed by atoms with E-state index in [1.165, 1.54) is 18.6 Å². The van der Waals surface area contributed by atoms with Gasteiger partial charge in [-0.15, -0.1) is 0 Å². The minimum atomic E-state index is 0.664. The van der Waals surface area contributed by atoms with Crippen molar-refractivity contribution in [2.75, 3.05) is 25.1 Å². The quantitative estimate of drug-likeness (QED) is 0.438. The SMILES string of the molecule is CCNC(=NCc1ccc(Cl)cc1)NCCCCSC. The summed E-state index contributed by atoms with van der Waals surface area (Å²) in [5.41, 5.74) is 1.16. The lowest BCUT2D eigenvalue weighted by Crippen LogP contribution is -2.37. The number of thioether (sulfide) groups is 1. The van der Waals surface area contributed by atoms with Crippen LogP contribution in [0.25, 0.3) is 0 Å².